The molecule has 1 fully saturated rings. The van der Waals surface area contributed by atoms with Gasteiger partial charge in [-0.3, -0.25) is 0 Å². The molecule has 0 aliphatic heterocycles. The Balaban J connectivity index is 0. The van der Waals surface area contributed by atoms with Crippen molar-refractivity contribution in [3.63, 3.8) is 0 Å². The topological polar surface area (TPSA) is 0 Å². The average molecular weight is 475 g/mol. The molecule has 34 heavy (non-hydrogen) atoms. The summed E-state index contributed by atoms with van der Waals surface area (Å²) < 4.78 is 39.7. The third-order valence-electron chi connectivity index (χ3n) is 5.31. The maximum atomic E-state index is 13.7. The Labute approximate surface area is 207 Å². The number of rotatable bonds is 8. The summed E-state index contributed by atoms with van der Waals surface area (Å²) in [6, 6.07) is 0. The highest BCUT2D eigenvalue weighted by molar-refractivity contribution is 5.42. The lowest BCUT2D eigenvalue weighted by molar-refractivity contribution is 0.631. The van der Waals surface area contributed by atoms with Gasteiger partial charge < -0.3 is 0 Å². The van der Waals surface area contributed by atoms with Crippen LogP contribution in [0.25, 0.3) is 0 Å². The Morgan fingerprint density at radius 1 is 0.676 bits per heavy atom. The molecule has 0 aromatic carbocycles. The molecule has 190 valence electrons. The molecule has 1 rings (SSSR count). The van der Waals surface area contributed by atoms with Gasteiger partial charge in [0.1, 0.15) is 17.5 Å². The minimum absolute atomic E-state index is 0.0990. The Bertz CT molecular complexity index is 904. The monoisotopic (exact) mass is 474 g/mol. The molecule has 0 N–H and O–H groups in total. The molecule has 0 amide bonds. The van der Waals surface area contributed by atoms with Crippen LogP contribution in [-0.2, 0) is 0 Å². The van der Waals surface area contributed by atoms with Gasteiger partial charge in [-0.25, -0.2) is 13.2 Å². The summed E-state index contributed by atoms with van der Waals surface area (Å²) in [4.78, 5) is 0. The molecule has 0 aromatic heterocycles. The Morgan fingerprint density at radius 3 is 1.26 bits per heavy atom. The lowest BCUT2D eigenvalue weighted by Crippen LogP contribution is -1.93. The van der Waals surface area contributed by atoms with E-state index in [9.17, 15) is 13.2 Å². The minimum atomic E-state index is -0.243. The Kier molecular flexibility index (Phi) is 16.0. The van der Waals surface area contributed by atoms with Crippen LogP contribution in [0.2, 0.25) is 0 Å². The molecule has 0 nitrogen and oxygen atoms in total. The van der Waals surface area contributed by atoms with Crippen molar-refractivity contribution in [2.24, 2.45) is 5.92 Å². The molecule has 0 heterocycles. The first-order valence-corrected chi connectivity index (χ1v) is 11.6. The molecule has 0 aromatic rings. The van der Waals surface area contributed by atoms with E-state index < -0.39 is 0 Å². The maximum absolute atomic E-state index is 13.7. The van der Waals surface area contributed by atoms with Gasteiger partial charge in [-0.2, -0.15) is 0 Å². The van der Waals surface area contributed by atoms with E-state index >= 15 is 0 Å². The largest absolute Gasteiger partial charge is 0.206 e. The standard InChI is InChI=1S/C12H17F.C10H15F.C9H13F/c1-5-9(4)11(10-6-7-10)12(13)8(2)3;1-6-9(7(2)3)10(11)8(4)5;1-6(2)8(5)9(10)7(3)4/h5,10H,2,6-7H2,1,3-4H3;2,4,6H2,1,3,5H3;1,3H2,2,4-5H3/b9-5-,12-11-;10-9+;9-8+. The van der Waals surface area contributed by atoms with Crippen molar-refractivity contribution in [2.75, 3.05) is 0 Å². The van der Waals surface area contributed by atoms with E-state index in [0.717, 1.165) is 35.1 Å². The van der Waals surface area contributed by atoms with E-state index in [0.29, 0.717) is 40.2 Å². The molecule has 0 saturated heterocycles. The van der Waals surface area contributed by atoms with Gasteiger partial charge in [-0.05, 0) is 120 Å². The van der Waals surface area contributed by atoms with Crippen molar-refractivity contribution in [3.8, 4) is 0 Å². The second-order valence-corrected chi connectivity index (χ2v) is 8.96. The van der Waals surface area contributed by atoms with Crippen molar-refractivity contribution >= 4 is 0 Å². The van der Waals surface area contributed by atoms with Gasteiger partial charge in [0, 0.05) is 0 Å². The van der Waals surface area contributed by atoms with Crippen LogP contribution in [0.3, 0.4) is 0 Å². The van der Waals surface area contributed by atoms with Gasteiger partial charge in [0.05, 0.1) is 0 Å². The van der Waals surface area contributed by atoms with Crippen LogP contribution >= 0.6 is 0 Å². The smallest absolute Gasteiger partial charge is 0.129 e. The van der Waals surface area contributed by atoms with Crippen molar-refractivity contribution < 1.29 is 13.2 Å². The van der Waals surface area contributed by atoms with Crippen LogP contribution in [0.15, 0.2) is 107 Å². The van der Waals surface area contributed by atoms with Crippen LogP contribution in [0.1, 0.15) is 81.6 Å². The predicted octanol–water partition coefficient (Wildman–Crippen LogP) is 11.3. The fraction of sp³-hybridized carbons (Fsp3) is 0.419. The minimum Gasteiger partial charge on any atom is -0.206 e. The maximum Gasteiger partial charge on any atom is 0.129 e. The Hall–Kier alpha value is -2.55. The second-order valence-electron chi connectivity index (χ2n) is 8.96. The van der Waals surface area contributed by atoms with Crippen LogP contribution < -0.4 is 0 Å². The van der Waals surface area contributed by atoms with Gasteiger partial charge in [0.15, 0.2) is 0 Å². The third kappa shape index (κ3) is 12.1. The fourth-order valence-electron chi connectivity index (χ4n) is 2.84. The molecule has 1 saturated carbocycles. The van der Waals surface area contributed by atoms with E-state index in [1.54, 1.807) is 41.5 Å². The highest BCUT2D eigenvalue weighted by Crippen LogP contribution is 2.42. The van der Waals surface area contributed by atoms with Crippen molar-refractivity contribution in [1.82, 2.24) is 0 Å². The summed E-state index contributed by atoms with van der Waals surface area (Å²) in [5.74, 6) is -0.0986. The summed E-state index contributed by atoms with van der Waals surface area (Å²) in [5.41, 5.74) is 6.23. The van der Waals surface area contributed by atoms with Crippen LogP contribution in [0.4, 0.5) is 13.2 Å². The van der Waals surface area contributed by atoms with Crippen molar-refractivity contribution in [1.29, 1.82) is 0 Å². The van der Waals surface area contributed by atoms with Crippen molar-refractivity contribution in [2.45, 2.75) is 81.6 Å². The highest BCUT2D eigenvalue weighted by Gasteiger charge is 2.29. The number of halogens is 3. The lowest BCUT2D eigenvalue weighted by atomic mass is 9.99. The van der Waals surface area contributed by atoms with Gasteiger partial charge >= 0.3 is 0 Å². The van der Waals surface area contributed by atoms with E-state index in [2.05, 4.69) is 32.9 Å². The van der Waals surface area contributed by atoms with E-state index in [1.807, 2.05) is 26.8 Å². The summed E-state index contributed by atoms with van der Waals surface area (Å²) in [6.45, 7) is 34.1. The molecular formula is C31H45F3. The lowest BCUT2D eigenvalue weighted by Gasteiger charge is -2.08. The molecular weight excluding hydrogens is 429 g/mol. The zero-order chi connectivity index (χ0) is 27.3. The zero-order valence-electron chi connectivity index (χ0n) is 22.9. The van der Waals surface area contributed by atoms with E-state index in [4.69, 9.17) is 0 Å². The SMILES string of the molecule is C=C(C)/C(C)=C(/F)C(=C)C.C=C(C)/C(F)=C(/CC)C(=C)C.C=C(C)/C(F)=C(\C(C)=C/C)C1CC1. The van der Waals surface area contributed by atoms with Gasteiger partial charge in [0.2, 0.25) is 0 Å². The first kappa shape index (κ1) is 33.6. The molecule has 0 spiro atoms. The molecule has 0 unspecified atom stereocenters. The third-order valence-corrected chi connectivity index (χ3v) is 5.31. The zero-order valence-corrected chi connectivity index (χ0v) is 22.9. The average Bonchev–Trinajstić information content (AvgIpc) is 3.58. The van der Waals surface area contributed by atoms with E-state index in [-0.39, 0.29) is 17.5 Å². The molecule has 3 heteroatoms. The molecule has 1 aliphatic rings. The van der Waals surface area contributed by atoms with Crippen LogP contribution in [0.5, 0.6) is 0 Å². The number of hydrogen-bond acceptors (Lipinski definition) is 0. The van der Waals surface area contributed by atoms with Gasteiger partial charge in [-0.15, -0.1) is 0 Å². The first-order chi connectivity index (χ1) is 15.5. The van der Waals surface area contributed by atoms with Gasteiger partial charge in [0.25, 0.3) is 0 Å². The molecule has 0 atom stereocenters. The van der Waals surface area contributed by atoms with E-state index in [1.165, 1.54) is 0 Å². The van der Waals surface area contributed by atoms with Crippen LogP contribution in [0, 0.1) is 5.92 Å². The molecule has 0 radical (unpaired) electrons. The molecule has 0 bridgehead atoms. The van der Waals surface area contributed by atoms with Crippen LogP contribution in [-0.4, -0.2) is 0 Å². The summed E-state index contributed by atoms with van der Waals surface area (Å²) in [5, 5.41) is 0. The van der Waals surface area contributed by atoms with Gasteiger partial charge in [-0.1, -0.05) is 57.0 Å². The molecule has 1 aliphatic carbocycles. The predicted molar refractivity (Wildman–Crippen MR) is 147 cm³/mol. The summed E-state index contributed by atoms with van der Waals surface area (Å²) >= 11 is 0. The first-order valence-electron chi connectivity index (χ1n) is 11.6. The summed E-state index contributed by atoms with van der Waals surface area (Å²) in [7, 11) is 0. The normalized spacial score (nSPS) is 15.2. The van der Waals surface area contributed by atoms with Crippen molar-refractivity contribution in [3.05, 3.63) is 107 Å². The highest BCUT2D eigenvalue weighted by atomic mass is 19.1. The fourth-order valence-corrected chi connectivity index (χ4v) is 2.84. The second kappa shape index (κ2) is 16.1. The summed E-state index contributed by atoms with van der Waals surface area (Å²) in [6.07, 6.45) is 4.90. The Morgan fingerprint density at radius 2 is 1.09 bits per heavy atom. The number of hydrogen-bond donors (Lipinski definition) is 0. The quantitative estimate of drug-likeness (QED) is 0.307. The number of allylic oxidation sites excluding steroid dienone is 13.